The molecule has 2 aromatic carbocycles. The first-order valence-electron chi connectivity index (χ1n) is 8.89. The fourth-order valence-electron chi connectivity index (χ4n) is 3.06. The standard InChI is InChI=1S/C21H26N2O2/c1-17-6-8-20(9-7-17)25-15-14-22-10-12-23(13-11-22)21(24)19-5-3-4-18(2)16-19/h3-9,16H,10-15H2,1-2H3. The first kappa shape index (κ1) is 17.5. The zero-order valence-electron chi connectivity index (χ0n) is 15.1. The molecular formula is C21H26N2O2. The van der Waals surface area contributed by atoms with Crippen molar-refractivity contribution in [2.75, 3.05) is 39.3 Å². The number of benzene rings is 2. The van der Waals surface area contributed by atoms with E-state index >= 15 is 0 Å². The Morgan fingerprint density at radius 3 is 2.36 bits per heavy atom. The van der Waals surface area contributed by atoms with Crippen molar-refractivity contribution in [3.63, 3.8) is 0 Å². The Labute approximate surface area is 150 Å². The highest BCUT2D eigenvalue weighted by atomic mass is 16.5. The summed E-state index contributed by atoms with van der Waals surface area (Å²) in [5.74, 6) is 1.05. The number of piperazine rings is 1. The minimum atomic E-state index is 0.138. The summed E-state index contributed by atoms with van der Waals surface area (Å²) in [4.78, 5) is 16.9. The summed E-state index contributed by atoms with van der Waals surface area (Å²) in [7, 11) is 0. The predicted molar refractivity (Wildman–Crippen MR) is 100 cm³/mol. The number of hydrogen-bond acceptors (Lipinski definition) is 3. The summed E-state index contributed by atoms with van der Waals surface area (Å²) in [5, 5.41) is 0. The summed E-state index contributed by atoms with van der Waals surface area (Å²) in [6.45, 7) is 9.00. The Kier molecular flexibility index (Phi) is 5.71. The molecule has 1 aliphatic rings. The molecule has 1 heterocycles. The highest BCUT2D eigenvalue weighted by Gasteiger charge is 2.21. The molecule has 0 aromatic heterocycles. The fourth-order valence-corrected chi connectivity index (χ4v) is 3.06. The van der Waals surface area contributed by atoms with Gasteiger partial charge in [-0.2, -0.15) is 0 Å². The van der Waals surface area contributed by atoms with Gasteiger partial charge in [0.2, 0.25) is 0 Å². The van der Waals surface area contributed by atoms with Crippen LogP contribution >= 0.6 is 0 Å². The monoisotopic (exact) mass is 338 g/mol. The van der Waals surface area contributed by atoms with Crippen molar-refractivity contribution in [2.24, 2.45) is 0 Å². The first-order chi connectivity index (χ1) is 12.1. The molecule has 0 spiro atoms. The number of aryl methyl sites for hydroxylation is 2. The molecule has 1 amide bonds. The van der Waals surface area contributed by atoms with Gasteiger partial charge in [0.05, 0.1) is 0 Å². The second-order valence-electron chi connectivity index (χ2n) is 6.66. The number of carbonyl (C=O) groups excluding carboxylic acids is 1. The molecule has 0 radical (unpaired) electrons. The van der Waals surface area contributed by atoms with Gasteiger partial charge < -0.3 is 9.64 Å². The van der Waals surface area contributed by atoms with Gasteiger partial charge in [0.25, 0.3) is 5.91 Å². The molecule has 2 aromatic rings. The number of rotatable bonds is 5. The van der Waals surface area contributed by atoms with Crippen molar-refractivity contribution in [1.29, 1.82) is 0 Å². The summed E-state index contributed by atoms with van der Waals surface area (Å²) in [5.41, 5.74) is 3.15. The van der Waals surface area contributed by atoms with Crippen LogP contribution in [0, 0.1) is 13.8 Å². The van der Waals surface area contributed by atoms with Crippen molar-refractivity contribution in [1.82, 2.24) is 9.80 Å². The topological polar surface area (TPSA) is 32.8 Å². The van der Waals surface area contributed by atoms with Gasteiger partial charge in [-0.15, -0.1) is 0 Å². The molecular weight excluding hydrogens is 312 g/mol. The zero-order valence-corrected chi connectivity index (χ0v) is 15.1. The summed E-state index contributed by atoms with van der Waals surface area (Å²) < 4.78 is 5.80. The third-order valence-electron chi connectivity index (χ3n) is 4.62. The Hall–Kier alpha value is -2.33. The number of hydrogen-bond donors (Lipinski definition) is 0. The second kappa shape index (κ2) is 8.17. The lowest BCUT2D eigenvalue weighted by Gasteiger charge is -2.34. The number of amides is 1. The van der Waals surface area contributed by atoms with Crippen LogP contribution in [0.15, 0.2) is 48.5 Å². The van der Waals surface area contributed by atoms with E-state index in [1.807, 2.05) is 48.2 Å². The maximum Gasteiger partial charge on any atom is 0.253 e. The molecule has 1 aliphatic heterocycles. The molecule has 4 nitrogen and oxygen atoms in total. The predicted octanol–water partition coefficient (Wildman–Crippen LogP) is 3.14. The van der Waals surface area contributed by atoms with Crippen molar-refractivity contribution in [2.45, 2.75) is 13.8 Å². The van der Waals surface area contributed by atoms with Gasteiger partial charge in [-0.1, -0.05) is 35.4 Å². The van der Waals surface area contributed by atoms with E-state index in [0.29, 0.717) is 6.61 Å². The quantitative estimate of drug-likeness (QED) is 0.840. The summed E-state index contributed by atoms with van der Waals surface area (Å²) in [6.07, 6.45) is 0. The van der Waals surface area contributed by atoms with Crippen molar-refractivity contribution >= 4 is 5.91 Å². The average Bonchev–Trinajstić information content (AvgIpc) is 2.63. The number of carbonyl (C=O) groups is 1. The van der Waals surface area contributed by atoms with E-state index in [0.717, 1.165) is 49.6 Å². The molecule has 0 unspecified atom stereocenters. The smallest absolute Gasteiger partial charge is 0.253 e. The number of nitrogens with zero attached hydrogens (tertiary/aromatic N) is 2. The van der Waals surface area contributed by atoms with E-state index in [1.54, 1.807) is 0 Å². The van der Waals surface area contributed by atoms with E-state index in [4.69, 9.17) is 4.74 Å². The molecule has 132 valence electrons. The van der Waals surface area contributed by atoms with Gasteiger partial charge in [0, 0.05) is 38.3 Å². The fraction of sp³-hybridized carbons (Fsp3) is 0.381. The molecule has 0 saturated carbocycles. The highest BCUT2D eigenvalue weighted by molar-refractivity contribution is 5.94. The average molecular weight is 338 g/mol. The SMILES string of the molecule is Cc1ccc(OCCN2CCN(C(=O)c3cccc(C)c3)CC2)cc1. The second-order valence-corrected chi connectivity index (χ2v) is 6.66. The third-order valence-corrected chi connectivity index (χ3v) is 4.62. The molecule has 0 N–H and O–H groups in total. The molecule has 1 fully saturated rings. The molecule has 25 heavy (non-hydrogen) atoms. The van der Waals surface area contributed by atoms with Gasteiger partial charge in [0.1, 0.15) is 12.4 Å². The van der Waals surface area contributed by atoms with E-state index < -0.39 is 0 Å². The largest absolute Gasteiger partial charge is 0.492 e. The Bertz CT molecular complexity index is 704. The molecule has 1 saturated heterocycles. The van der Waals surface area contributed by atoms with Crippen LogP contribution in [0.1, 0.15) is 21.5 Å². The lowest BCUT2D eigenvalue weighted by molar-refractivity contribution is 0.0620. The Morgan fingerprint density at radius 2 is 1.68 bits per heavy atom. The molecule has 0 bridgehead atoms. The minimum absolute atomic E-state index is 0.138. The van der Waals surface area contributed by atoms with E-state index in [2.05, 4.69) is 24.0 Å². The lowest BCUT2D eigenvalue weighted by Crippen LogP contribution is -2.49. The van der Waals surface area contributed by atoms with Crippen molar-refractivity contribution < 1.29 is 9.53 Å². The van der Waals surface area contributed by atoms with Crippen LogP contribution in [0.5, 0.6) is 5.75 Å². The highest BCUT2D eigenvalue weighted by Crippen LogP contribution is 2.13. The van der Waals surface area contributed by atoms with Crippen LogP contribution in [-0.4, -0.2) is 55.0 Å². The maximum atomic E-state index is 12.6. The zero-order chi connectivity index (χ0) is 17.6. The Morgan fingerprint density at radius 1 is 0.960 bits per heavy atom. The Balaban J connectivity index is 1.42. The third kappa shape index (κ3) is 4.83. The lowest BCUT2D eigenvalue weighted by atomic mass is 10.1. The van der Waals surface area contributed by atoms with Crippen LogP contribution in [0.2, 0.25) is 0 Å². The molecule has 3 rings (SSSR count). The van der Waals surface area contributed by atoms with E-state index in [9.17, 15) is 4.79 Å². The first-order valence-corrected chi connectivity index (χ1v) is 8.89. The van der Waals surface area contributed by atoms with Crippen LogP contribution in [-0.2, 0) is 0 Å². The maximum absolute atomic E-state index is 12.6. The van der Waals surface area contributed by atoms with Crippen molar-refractivity contribution in [3.05, 3.63) is 65.2 Å². The number of ether oxygens (including phenoxy) is 1. The van der Waals surface area contributed by atoms with Crippen LogP contribution in [0.25, 0.3) is 0 Å². The summed E-state index contributed by atoms with van der Waals surface area (Å²) >= 11 is 0. The van der Waals surface area contributed by atoms with Gasteiger partial charge >= 0.3 is 0 Å². The van der Waals surface area contributed by atoms with E-state index in [1.165, 1.54) is 5.56 Å². The minimum Gasteiger partial charge on any atom is -0.492 e. The van der Waals surface area contributed by atoms with Gasteiger partial charge in [0.15, 0.2) is 0 Å². The van der Waals surface area contributed by atoms with Gasteiger partial charge in [-0.25, -0.2) is 0 Å². The summed E-state index contributed by atoms with van der Waals surface area (Å²) in [6, 6.07) is 16.0. The van der Waals surface area contributed by atoms with Crippen LogP contribution in [0.3, 0.4) is 0 Å². The molecule has 0 atom stereocenters. The van der Waals surface area contributed by atoms with Crippen LogP contribution < -0.4 is 4.74 Å². The molecule has 0 aliphatic carbocycles. The molecule has 4 heteroatoms. The van der Waals surface area contributed by atoms with Crippen LogP contribution in [0.4, 0.5) is 0 Å². The normalized spacial score (nSPS) is 15.2. The van der Waals surface area contributed by atoms with Gasteiger partial charge in [-0.3, -0.25) is 9.69 Å². The van der Waals surface area contributed by atoms with E-state index in [-0.39, 0.29) is 5.91 Å². The van der Waals surface area contributed by atoms with Gasteiger partial charge in [-0.05, 0) is 38.1 Å². The van der Waals surface area contributed by atoms with Crippen molar-refractivity contribution in [3.8, 4) is 5.75 Å².